The molecule has 7 nitrogen and oxygen atoms in total. The summed E-state index contributed by atoms with van der Waals surface area (Å²) in [5.41, 5.74) is 2.32. The lowest BCUT2D eigenvalue weighted by Gasteiger charge is -2.13. The maximum Gasteiger partial charge on any atom is 0.305 e. The number of ether oxygens (including phenoxy) is 1. The third kappa shape index (κ3) is 9.26. The van der Waals surface area contributed by atoms with Gasteiger partial charge in [-0.3, -0.25) is 14.4 Å². The summed E-state index contributed by atoms with van der Waals surface area (Å²) >= 11 is 5.16. The van der Waals surface area contributed by atoms with E-state index >= 15 is 0 Å². The molecule has 0 saturated heterocycles. The van der Waals surface area contributed by atoms with Gasteiger partial charge in [-0.25, -0.2) is 0 Å². The topological polar surface area (TPSA) is 87.7 Å². The van der Waals surface area contributed by atoms with Crippen molar-refractivity contribution in [1.29, 1.82) is 0 Å². The van der Waals surface area contributed by atoms with E-state index in [0.29, 0.717) is 24.3 Å². The summed E-state index contributed by atoms with van der Waals surface area (Å²) in [5, 5.41) is 5.60. The number of hydrogen-bond donors (Lipinski definition) is 2. The third-order valence-electron chi connectivity index (χ3n) is 4.53. The van der Waals surface area contributed by atoms with Crippen molar-refractivity contribution in [2.45, 2.75) is 32.1 Å². The lowest BCUT2D eigenvalue weighted by molar-refractivity contribution is -0.143. The van der Waals surface area contributed by atoms with Crippen LogP contribution < -0.4 is 10.6 Å². The molecule has 170 valence electrons. The van der Waals surface area contributed by atoms with Crippen LogP contribution in [0, 0.1) is 0 Å². The zero-order chi connectivity index (χ0) is 23.3. The Hall–Kier alpha value is -3.26. The van der Waals surface area contributed by atoms with Gasteiger partial charge in [0.15, 0.2) is 5.11 Å². The van der Waals surface area contributed by atoms with Gasteiger partial charge in [-0.1, -0.05) is 36.4 Å². The summed E-state index contributed by atoms with van der Waals surface area (Å²) in [5.74, 6) is -0.732. The molecular weight excluding hydrogens is 426 g/mol. The van der Waals surface area contributed by atoms with Crippen LogP contribution in [0.5, 0.6) is 0 Å². The van der Waals surface area contributed by atoms with Gasteiger partial charge < -0.3 is 20.3 Å². The minimum Gasteiger partial charge on any atom is -0.466 e. The van der Waals surface area contributed by atoms with Crippen LogP contribution in [0.4, 0.5) is 5.69 Å². The highest BCUT2D eigenvalue weighted by molar-refractivity contribution is 7.80. The fourth-order valence-corrected chi connectivity index (χ4v) is 3.14. The Morgan fingerprint density at radius 1 is 0.969 bits per heavy atom. The maximum atomic E-state index is 12.1. The van der Waals surface area contributed by atoms with E-state index in [4.69, 9.17) is 17.0 Å². The Bertz CT molecular complexity index is 932. The number of anilines is 1. The predicted molar refractivity (Wildman–Crippen MR) is 128 cm³/mol. The number of benzene rings is 2. The van der Waals surface area contributed by atoms with Crippen LogP contribution in [0.3, 0.4) is 0 Å². The zero-order valence-electron chi connectivity index (χ0n) is 18.4. The monoisotopic (exact) mass is 455 g/mol. The molecule has 2 amide bonds. The highest BCUT2D eigenvalue weighted by Gasteiger charge is 2.11. The molecular formula is C24H29N3O4S. The van der Waals surface area contributed by atoms with Gasteiger partial charge in [0, 0.05) is 38.2 Å². The maximum absolute atomic E-state index is 12.1. The fourth-order valence-electron chi connectivity index (χ4n) is 2.91. The highest BCUT2D eigenvalue weighted by atomic mass is 32.1. The van der Waals surface area contributed by atoms with Crippen molar-refractivity contribution in [2.24, 2.45) is 0 Å². The first-order valence-corrected chi connectivity index (χ1v) is 10.9. The van der Waals surface area contributed by atoms with Crippen LogP contribution in [0.25, 0.3) is 0 Å². The molecule has 2 N–H and O–H groups in total. The molecule has 0 aliphatic rings. The Kier molecular flexibility index (Phi) is 10.3. The summed E-state index contributed by atoms with van der Waals surface area (Å²) in [4.78, 5) is 37.4. The van der Waals surface area contributed by atoms with Crippen LogP contribution in [0.2, 0.25) is 0 Å². The molecule has 0 aliphatic carbocycles. The van der Waals surface area contributed by atoms with Gasteiger partial charge in [-0.05, 0) is 55.2 Å². The number of carbonyl (C=O) groups is 3. The number of nitrogens with zero attached hydrogens (tertiary/aromatic N) is 1. The van der Waals surface area contributed by atoms with Crippen molar-refractivity contribution in [3.05, 3.63) is 65.7 Å². The second-order valence-corrected chi connectivity index (χ2v) is 7.85. The molecule has 0 radical (unpaired) electrons. The van der Waals surface area contributed by atoms with Crippen LogP contribution in [0.15, 0.2) is 54.6 Å². The van der Waals surface area contributed by atoms with Gasteiger partial charge in [-0.15, -0.1) is 0 Å². The van der Waals surface area contributed by atoms with Crippen molar-refractivity contribution in [3.63, 3.8) is 0 Å². The SMILES string of the molecule is CN(C)C(=O)c1cccc(NC(=S)NC(=O)CCCC(=O)OCCCc2ccccc2)c1. The summed E-state index contributed by atoms with van der Waals surface area (Å²) in [6, 6.07) is 16.9. The first kappa shape index (κ1) is 25.0. The average molecular weight is 456 g/mol. The quantitative estimate of drug-likeness (QED) is 0.324. The number of carbonyl (C=O) groups excluding carboxylic acids is 3. The van der Waals surface area contributed by atoms with E-state index in [1.54, 1.807) is 38.4 Å². The fraction of sp³-hybridized carbons (Fsp3) is 0.333. The minimum atomic E-state index is -0.311. The normalized spacial score (nSPS) is 10.2. The van der Waals surface area contributed by atoms with E-state index in [2.05, 4.69) is 10.6 Å². The van der Waals surface area contributed by atoms with Gasteiger partial charge in [-0.2, -0.15) is 0 Å². The molecule has 0 fully saturated rings. The van der Waals surface area contributed by atoms with Crippen LogP contribution >= 0.6 is 12.2 Å². The first-order valence-electron chi connectivity index (χ1n) is 10.5. The first-order chi connectivity index (χ1) is 15.3. The van der Waals surface area contributed by atoms with Gasteiger partial charge in [0.05, 0.1) is 6.61 Å². The molecule has 8 heteroatoms. The van der Waals surface area contributed by atoms with Crippen LogP contribution in [-0.4, -0.2) is 48.5 Å². The average Bonchev–Trinajstić information content (AvgIpc) is 2.77. The standard InChI is InChI=1S/C24H29N3O4S/c1-27(2)23(30)19-12-6-13-20(17-19)25-24(32)26-21(28)14-7-15-22(29)31-16-8-11-18-9-4-3-5-10-18/h3-6,9-10,12-13,17H,7-8,11,14-16H2,1-2H3,(H2,25,26,28,32). The Morgan fingerprint density at radius 3 is 2.44 bits per heavy atom. The number of esters is 1. The number of thiocarbonyl (C=S) groups is 1. The van der Waals surface area contributed by atoms with E-state index in [1.165, 1.54) is 10.5 Å². The van der Waals surface area contributed by atoms with E-state index in [1.807, 2.05) is 30.3 Å². The number of rotatable bonds is 10. The van der Waals surface area contributed by atoms with Crippen molar-refractivity contribution in [2.75, 3.05) is 26.0 Å². The summed E-state index contributed by atoms with van der Waals surface area (Å²) < 4.78 is 5.21. The van der Waals surface area contributed by atoms with Gasteiger partial charge in [0.1, 0.15) is 0 Å². The molecule has 0 heterocycles. The molecule has 2 aromatic carbocycles. The van der Waals surface area contributed by atoms with Gasteiger partial charge in [0.2, 0.25) is 5.91 Å². The van der Waals surface area contributed by atoms with E-state index < -0.39 is 0 Å². The van der Waals surface area contributed by atoms with E-state index in [0.717, 1.165) is 12.8 Å². The third-order valence-corrected chi connectivity index (χ3v) is 4.73. The minimum absolute atomic E-state index is 0.129. The summed E-state index contributed by atoms with van der Waals surface area (Å²) in [6.45, 7) is 0.364. The molecule has 2 rings (SSSR count). The largest absolute Gasteiger partial charge is 0.466 e. The zero-order valence-corrected chi connectivity index (χ0v) is 19.2. The smallest absolute Gasteiger partial charge is 0.305 e. The number of amides is 2. The predicted octanol–water partition coefficient (Wildman–Crippen LogP) is 3.55. The Balaban J connectivity index is 1.62. The van der Waals surface area contributed by atoms with Crippen molar-refractivity contribution < 1.29 is 19.1 Å². The second kappa shape index (κ2) is 13.2. The van der Waals surface area contributed by atoms with Gasteiger partial charge in [0.25, 0.3) is 5.91 Å². The van der Waals surface area contributed by atoms with E-state index in [9.17, 15) is 14.4 Å². The molecule has 0 saturated carbocycles. The molecule has 0 bridgehead atoms. The summed E-state index contributed by atoms with van der Waals surface area (Å²) in [6.07, 6.45) is 2.32. The van der Waals surface area contributed by atoms with Crippen molar-refractivity contribution in [3.8, 4) is 0 Å². The molecule has 0 atom stereocenters. The Labute approximate surface area is 194 Å². The second-order valence-electron chi connectivity index (χ2n) is 7.45. The number of hydrogen-bond acceptors (Lipinski definition) is 5. The van der Waals surface area contributed by atoms with Gasteiger partial charge >= 0.3 is 5.97 Å². The molecule has 0 spiro atoms. The number of aryl methyl sites for hydroxylation is 1. The van der Waals surface area contributed by atoms with E-state index in [-0.39, 0.29) is 35.7 Å². The molecule has 0 aromatic heterocycles. The highest BCUT2D eigenvalue weighted by Crippen LogP contribution is 2.12. The molecule has 2 aromatic rings. The molecule has 32 heavy (non-hydrogen) atoms. The molecule has 0 aliphatic heterocycles. The van der Waals surface area contributed by atoms with Crippen molar-refractivity contribution >= 4 is 40.8 Å². The number of nitrogens with one attached hydrogen (secondary N) is 2. The van der Waals surface area contributed by atoms with Crippen LogP contribution in [-0.2, 0) is 20.7 Å². The van der Waals surface area contributed by atoms with Crippen LogP contribution in [0.1, 0.15) is 41.6 Å². The van der Waals surface area contributed by atoms with Crippen molar-refractivity contribution in [1.82, 2.24) is 10.2 Å². The lowest BCUT2D eigenvalue weighted by atomic mass is 10.1. The lowest BCUT2D eigenvalue weighted by Crippen LogP contribution is -2.34. The summed E-state index contributed by atoms with van der Waals surface area (Å²) in [7, 11) is 3.35. The Morgan fingerprint density at radius 2 is 1.72 bits per heavy atom. The molecule has 0 unspecified atom stereocenters.